The molecular weight excluding hydrogens is 293 g/mol. The molecule has 2 rings (SSSR count). The highest BCUT2D eigenvalue weighted by atomic mass is 35.5. The van der Waals surface area contributed by atoms with Gasteiger partial charge in [-0.1, -0.05) is 42.3 Å². The van der Waals surface area contributed by atoms with Gasteiger partial charge >= 0.3 is 0 Å². The fourth-order valence-electron chi connectivity index (χ4n) is 1.86. The van der Waals surface area contributed by atoms with E-state index in [0.29, 0.717) is 22.3 Å². The molecule has 0 atom stereocenters. The molecule has 0 heterocycles. The molecule has 0 aliphatic heterocycles. The molecule has 0 saturated heterocycles. The Morgan fingerprint density at radius 3 is 2.60 bits per heavy atom. The third-order valence-corrected chi connectivity index (χ3v) is 3.60. The standard InChI is InChI=1S/C16H17Cl2NO/c1-3-19-10-12-13(17)5-4-6-15(12)20-16-9-11(2)7-8-14(16)18/h4-9,19H,3,10H2,1-2H3. The van der Waals surface area contributed by atoms with Gasteiger partial charge in [0.2, 0.25) is 0 Å². The molecule has 0 aliphatic carbocycles. The van der Waals surface area contributed by atoms with Crippen molar-refractivity contribution in [2.24, 2.45) is 0 Å². The molecule has 0 bridgehead atoms. The summed E-state index contributed by atoms with van der Waals surface area (Å²) in [5, 5.41) is 4.54. The highest BCUT2D eigenvalue weighted by Gasteiger charge is 2.10. The van der Waals surface area contributed by atoms with Crippen molar-refractivity contribution in [3.8, 4) is 11.5 Å². The second-order valence-electron chi connectivity index (χ2n) is 4.53. The second kappa shape index (κ2) is 6.98. The monoisotopic (exact) mass is 309 g/mol. The van der Waals surface area contributed by atoms with Crippen molar-refractivity contribution >= 4 is 23.2 Å². The van der Waals surface area contributed by atoms with Crippen LogP contribution in [-0.4, -0.2) is 6.54 Å². The number of rotatable bonds is 5. The Labute approximate surface area is 129 Å². The molecular formula is C16H17Cl2NO. The van der Waals surface area contributed by atoms with Crippen LogP contribution in [0, 0.1) is 6.92 Å². The van der Waals surface area contributed by atoms with Gasteiger partial charge in [0.1, 0.15) is 11.5 Å². The molecule has 1 N–H and O–H groups in total. The van der Waals surface area contributed by atoms with Crippen LogP contribution < -0.4 is 10.1 Å². The van der Waals surface area contributed by atoms with E-state index in [2.05, 4.69) is 12.2 Å². The summed E-state index contributed by atoms with van der Waals surface area (Å²) in [7, 11) is 0. The molecule has 0 amide bonds. The van der Waals surface area contributed by atoms with E-state index in [9.17, 15) is 0 Å². The first-order valence-corrected chi connectivity index (χ1v) is 7.29. The maximum atomic E-state index is 6.25. The molecule has 0 fully saturated rings. The highest BCUT2D eigenvalue weighted by molar-refractivity contribution is 6.32. The molecule has 0 spiro atoms. The Balaban J connectivity index is 2.33. The van der Waals surface area contributed by atoms with E-state index in [0.717, 1.165) is 23.4 Å². The van der Waals surface area contributed by atoms with Crippen molar-refractivity contribution in [2.75, 3.05) is 6.54 Å². The number of aryl methyl sites for hydroxylation is 1. The Kier molecular flexibility index (Phi) is 5.30. The quantitative estimate of drug-likeness (QED) is 0.819. The van der Waals surface area contributed by atoms with Crippen LogP contribution in [0.1, 0.15) is 18.1 Å². The summed E-state index contributed by atoms with van der Waals surface area (Å²) in [6, 6.07) is 11.3. The SMILES string of the molecule is CCNCc1c(Cl)cccc1Oc1cc(C)ccc1Cl. The molecule has 0 saturated carbocycles. The first-order valence-electron chi connectivity index (χ1n) is 6.54. The first kappa shape index (κ1) is 15.2. The van der Waals surface area contributed by atoms with Crippen LogP contribution in [0.25, 0.3) is 0 Å². The second-order valence-corrected chi connectivity index (χ2v) is 5.35. The Morgan fingerprint density at radius 2 is 1.85 bits per heavy atom. The van der Waals surface area contributed by atoms with Crippen LogP contribution >= 0.6 is 23.2 Å². The fraction of sp³-hybridized carbons (Fsp3) is 0.250. The number of ether oxygens (including phenoxy) is 1. The summed E-state index contributed by atoms with van der Waals surface area (Å²) in [6.45, 7) is 5.58. The van der Waals surface area contributed by atoms with E-state index >= 15 is 0 Å². The smallest absolute Gasteiger partial charge is 0.146 e. The normalized spacial score (nSPS) is 10.6. The summed E-state index contributed by atoms with van der Waals surface area (Å²) in [5.41, 5.74) is 2.04. The van der Waals surface area contributed by atoms with Crippen LogP contribution in [-0.2, 0) is 6.54 Å². The van der Waals surface area contributed by atoms with Crippen LogP contribution in [0.3, 0.4) is 0 Å². The Hall–Kier alpha value is -1.22. The third-order valence-electron chi connectivity index (χ3n) is 2.93. The van der Waals surface area contributed by atoms with Gasteiger partial charge in [-0.3, -0.25) is 0 Å². The Bertz CT molecular complexity index is 599. The molecule has 2 aromatic rings. The van der Waals surface area contributed by atoms with Crippen LogP contribution in [0.2, 0.25) is 10.0 Å². The average Bonchev–Trinajstić information content (AvgIpc) is 2.42. The van der Waals surface area contributed by atoms with Gasteiger partial charge in [-0.25, -0.2) is 0 Å². The largest absolute Gasteiger partial charge is 0.455 e. The molecule has 2 nitrogen and oxygen atoms in total. The van der Waals surface area contributed by atoms with Crippen LogP contribution in [0.5, 0.6) is 11.5 Å². The van der Waals surface area contributed by atoms with E-state index in [1.807, 2.05) is 43.3 Å². The maximum Gasteiger partial charge on any atom is 0.146 e. The number of nitrogens with one attached hydrogen (secondary N) is 1. The first-order chi connectivity index (χ1) is 9.61. The number of hydrogen-bond acceptors (Lipinski definition) is 2. The fourth-order valence-corrected chi connectivity index (χ4v) is 2.25. The van der Waals surface area contributed by atoms with E-state index in [4.69, 9.17) is 27.9 Å². The summed E-state index contributed by atoms with van der Waals surface area (Å²) in [5.74, 6) is 1.37. The maximum absolute atomic E-state index is 6.25. The molecule has 0 radical (unpaired) electrons. The zero-order valence-electron chi connectivity index (χ0n) is 11.5. The van der Waals surface area contributed by atoms with Gasteiger partial charge in [0.25, 0.3) is 0 Å². The van der Waals surface area contributed by atoms with Crippen molar-refractivity contribution in [3.05, 3.63) is 57.6 Å². The molecule has 0 aliphatic rings. The molecule has 2 aromatic carbocycles. The van der Waals surface area contributed by atoms with E-state index in [1.165, 1.54) is 0 Å². The molecule has 0 aromatic heterocycles. The van der Waals surface area contributed by atoms with Crippen LogP contribution in [0.15, 0.2) is 36.4 Å². The van der Waals surface area contributed by atoms with Gasteiger partial charge in [-0.05, 0) is 43.3 Å². The topological polar surface area (TPSA) is 21.3 Å². The molecule has 20 heavy (non-hydrogen) atoms. The predicted molar refractivity (Wildman–Crippen MR) is 85.1 cm³/mol. The van der Waals surface area contributed by atoms with Crippen LogP contribution in [0.4, 0.5) is 0 Å². The van der Waals surface area contributed by atoms with Crippen molar-refractivity contribution in [1.82, 2.24) is 5.32 Å². The molecule has 0 unspecified atom stereocenters. The minimum absolute atomic E-state index is 0.588. The van der Waals surface area contributed by atoms with Crippen molar-refractivity contribution in [2.45, 2.75) is 20.4 Å². The third kappa shape index (κ3) is 3.66. The molecule has 4 heteroatoms. The van der Waals surface area contributed by atoms with Gasteiger partial charge in [0, 0.05) is 17.1 Å². The number of hydrogen-bond donors (Lipinski definition) is 1. The number of benzene rings is 2. The lowest BCUT2D eigenvalue weighted by atomic mass is 10.2. The van der Waals surface area contributed by atoms with E-state index in [-0.39, 0.29) is 0 Å². The zero-order valence-corrected chi connectivity index (χ0v) is 13.1. The minimum atomic E-state index is 0.588. The van der Waals surface area contributed by atoms with Crippen molar-refractivity contribution in [1.29, 1.82) is 0 Å². The Morgan fingerprint density at radius 1 is 1.05 bits per heavy atom. The number of halogens is 2. The van der Waals surface area contributed by atoms with Gasteiger partial charge in [-0.2, -0.15) is 0 Å². The summed E-state index contributed by atoms with van der Waals surface area (Å²) < 4.78 is 5.94. The minimum Gasteiger partial charge on any atom is -0.455 e. The average molecular weight is 310 g/mol. The van der Waals surface area contributed by atoms with E-state index in [1.54, 1.807) is 0 Å². The van der Waals surface area contributed by atoms with Gasteiger partial charge in [-0.15, -0.1) is 0 Å². The molecule has 106 valence electrons. The zero-order chi connectivity index (χ0) is 14.5. The van der Waals surface area contributed by atoms with Crippen molar-refractivity contribution < 1.29 is 4.74 Å². The lowest BCUT2D eigenvalue weighted by molar-refractivity contribution is 0.473. The summed E-state index contributed by atoms with van der Waals surface area (Å²) in [4.78, 5) is 0. The van der Waals surface area contributed by atoms with Crippen molar-refractivity contribution in [3.63, 3.8) is 0 Å². The lowest BCUT2D eigenvalue weighted by Gasteiger charge is -2.14. The predicted octanol–water partition coefficient (Wildman–Crippen LogP) is 5.20. The van der Waals surface area contributed by atoms with Gasteiger partial charge in [0.05, 0.1) is 5.02 Å². The summed E-state index contributed by atoms with van der Waals surface area (Å²) in [6.07, 6.45) is 0. The van der Waals surface area contributed by atoms with Gasteiger partial charge < -0.3 is 10.1 Å². The highest BCUT2D eigenvalue weighted by Crippen LogP contribution is 2.34. The van der Waals surface area contributed by atoms with E-state index < -0.39 is 0 Å². The lowest BCUT2D eigenvalue weighted by Crippen LogP contribution is -2.12. The summed E-state index contributed by atoms with van der Waals surface area (Å²) >= 11 is 12.4. The van der Waals surface area contributed by atoms with Gasteiger partial charge in [0.15, 0.2) is 0 Å².